The van der Waals surface area contributed by atoms with E-state index in [0.29, 0.717) is 5.69 Å². The molecule has 1 aromatic rings. The molecule has 5 nitrogen and oxygen atoms in total. The number of rotatable bonds is 3. The second-order valence-electron chi connectivity index (χ2n) is 5.20. The average Bonchev–Trinajstić information content (AvgIpc) is 2.62. The smallest absolute Gasteiger partial charge is 0.249 e. The van der Waals surface area contributed by atoms with E-state index in [1.54, 1.807) is 11.9 Å². The number of nitrogens with two attached hydrogens (primary N) is 1. The van der Waals surface area contributed by atoms with E-state index < -0.39 is 6.04 Å². The predicted molar refractivity (Wildman–Crippen MR) is 81.3 cm³/mol. The molecule has 0 aliphatic carbocycles. The fourth-order valence-corrected chi connectivity index (χ4v) is 2.48. The van der Waals surface area contributed by atoms with Crippen molar-refractivity contribution in [2.75, 3.05) is 18.5 Å². The quantitative estimate of drug-likeness (QED) is 0.910. The Morgan fingerprint density at radius 1 is 1.50 bits per heavy atom. The molecule has 1 aromatic carbocycles. The number of carbonyl (C=O) groups excluding carboxylic acids is 2. The first-order valence-corrected chi connectivity index (χ1v) is 7.24. The molecule has 0 saturated carbocycles. The molecule has 1 unspecified atom stereocenters. The first-order chi connectivity index (χ1) is 9.32. The standard InChI is InChI=1S/C14H18BrN3O2/c1-8(2)17(3)12(19)7-18-11-6-9(15)4-5-10(11)13(16)14(18)20/h4-6,8,13H,7,16H2,1-3H3. The minimum Gasteiger partial charge on any atom is -0.342 e. The van der Waals surface area contributed by atoms with Crippen molar-refractivity contribution in [2.45, 2.75) is 25.9 Å². The van der Waals surface area contributed by atoms with Crippen LogP contribution in [0.3, 0.4) is 0 Å². The molecule has 1 heterocycles. The van der Waals surface area contributed by atoms with Crippen LogP contribution in [-0.4, -0.2) is 36.3 Å². The van der Waals surface area contributed by atoms with Gasteiger partial charge in [-0.3, -0.25) is 9.59 Å². The molecular formula is C14H18BrN3O2. The van der Waals surface area contributed by atoms with E-state index in [9.17, 15) is 9.59 Å². The Labute approximate surface area is 126 Å². The lowest BCUT2D eigenvalue weighted by Crippen LogP contribution is -2.43. The van der Waals surface area contributed by atoms with Crippen molar-refractivity contribution < 1.29 is 9.59 Å². The number of hydrogen-bond donors (Lipinski definition) is 1. The Hall–Kier alpha value is -1.40. The third-order valence-electron chi connectivity index (χ3n) is 3.61. The van der Waals surface area contributed by atoms with Crippen molar-refractivity contribution in [3.63, 3.8) is 0 Å². The largest absolute Gasteiger partial charge is 0.342 e. The van der Waals surface area contributed by atoms with E-state index in [-0.39, 0.29) is 24.4 Å². The van der Waals surface area contributed by atoms with E-state index >= 15 is 0 Å². The molecule has 0 aromatic heterocycles. The van der Waals surface area contributed by atoms with Crippen LogP contribution >= 0.6 is 15.9 Å². The molecule has 1 atom stereocenters. The lowest BCUT2D eigenvalue weighted by atomic mass is 10.1. The summed E-state index contributed by atoms with van der Waals surface area (Å²) < 4.78 is 0.854. The fourth-order valence-electron chi connectivity index (χ4n) is 2.13. The molecule has 0 bridgehead atoms. The van der Waals surface area contributed by atoms with Crippen LogP contribution in [0.4, 0.5) is 5.69 Å². The van der Waals surface area contributed by atoms with Crippen LogP contribution in [0.1, 0.15) is 25.5 Å². The maximum Gasteiger partial charge on any atom is 0.249 e. The highest BCUT2D eigenvalue weighted by molar-refractivity contribution is 9.10. The topological polar surface area (TPSA) is 66.6 Å². The molecule has 20 heavy (non-hydrogen) atoms. The van der Waals surface area contributed by atoms with Crippen molar-refractivity contribution in [1.29, 1.82) is 0 Å². The molecule has 0 fully saturated rings. The number of likely N-dealkylation sites (N-methyl/N-ethyl adjacent to an activating group) is 1. The van der Waals surface area contributed by atoms with Crippen molar-refractivity contribution in [1.82, 2.24) is 4.90 Å². The van der Waals surface area contributed by atoms with Gasteiger partial charge >= 0.3 is 0 Å². The second-order valence-corrected chi connectivity index (χ2v) is 6.12. The van der Waals surface area contributed by atoms with E-state index in [1.165, 1.54) is 4.90 Å². The van der Waals surface area contributed by atoms with Gasteiger partial charge in [0.15, 0.2) is 0 Å². The maximum absolute atomic E-state index is 12.2. The van der Waals surface area contributed by atoms with E-state index in [0.717, 1.165) is 10.0 Å². The molecule has 1 aliphatic rings. The first-order valence-electron chi connectivity index (χ1n) is 6.45. The van der Waals surface area contributed by atoms with Gasteiger partial charge in [0.05, 0.1) is 5.69 Å². The number of hydrogen-bond acceptors (Lipinski definition) is 3. The minimum absolute atomic E-state index is 0.0185. The molecule has 2 rings (SSSR count). The zero-order chi connectivity index (χ0) is 15.0. The van der Waals surface area contributed by atoms with Crippen LogP contribution in [0.5, 0.6) is 0 Å². The van der Waals surface area contributed by atoms with Crippen LogP contribution in [0.2, 0.25) is 0 Å². The fraction of sp³-hybridized carbons (Fsp3) is 0.429. The van der Waals surface area contributed by atoms with Crippen LogP contribution < -0.4 is 10.6 Å². The van der Waals surface area contributed by atoms with Crippen LogP contribution in [0, 0.1) is 0 Å². The summed E-state index contributed by atoms with van der Waals surface area (Å²) in [5, 5.41) is 0. The highest BCUT2D eigenvalue weighted by atomic mass is 79.9. The van der Waals surface area contributed by atoms with Gasteiger partial charge in [0.25, 0.3) is 0 Å². The summed E-state index contributed by atoms with van der Waals surface area (Å²) in [6.07, 6.45) is 0. The van der Waals surface area contributed by atoms with Gasteiger partial charge in [-0.15, -0.1) is 0 Å². The lowest BCUT2D eigenvalue weighted by Gasteiger charge is -2.25. The van der Waals surface area contributed by atoms with Gasteiger partial charge in [0.1, 0.15) is 12.6 Å². The van der Waals surface area contributed by atoms with Crippen molar-refractivity contribution >= 4 is 33.4 Å². The zero-order valence-corrected chi connectivity index (χ0v) is 13.3. The minimum atomic E-state index is -0.685. The highest BCUT2D eigenvalue weighted by Crippen LogP contribution is 2.36. The number of anilines is 1. The molecule has 2 amide bonds. The summed E-state index contributed by atoms with van der Waals surface area (Å²) in [7, 11) is 1.73. The zero-order valence-electron chi connectivity index (χ0n) is 11.8. The highest BCUT2D eigenvalue weighted by Gasteiger charge is 2.36. The lowest BCUT2D eigenvalue weighted by molar-refractivity contribution is -0.131. The third kappa shape index (κ3) is 2.58. The van der Waals surface area contributed by atoms with Gasteiger partial charge in [-0.25, -0.2) is 0 Å². The Morgan fingerprint density at radius 3 is 2.75 bits per heavy atom. The monoisotopic (exact) mass is 339 g/mol. The molecule has 0 saturated heterocycles. The molecular weight excluding hydrogens is 322 g/mol. The number of benzene rings is 1. The average molecular weight is 340 g/mol. The number of nitrogens with zero attached hydrogens (tertiary/aromatic N) is 2. The summed E-state index contributed by atoms with van der Waals surface area (Å²) in [4.78, 5) is 27.5. The van der Waals surface area contributed by atoms with Gasteiger partial charge in [-0.1, -0.05) is 22.0 Å². The van der Waals surface area contributed by atoms with E-state index in [4.69, 9.17) is 5.73 Å². The Bertz CT molecular complexity index is 559. The molecule has 0 radical (unpaired) electrons. The predicted octanol–water partition coefficient (Wildman–Crippen LogP) is 1.66. The summed E-state index contributed by atoms with van der Waals surface area (Å²) in [6, 6.07) is 4.89. The molecule has 2 N–H and O–H groups in total. The summed E-state index contributed by atoms with van der Waals surface area (Å²) in [6.45, 7) is 3.88. The van der Waals surface area contributed by atoms with E-state index in [2.05, 4.69) is 15.9 Å². The van der Waals surface area contributed by atoms with Gasteiger partial charge in [-0.05, 0) is 26.0 Å². The van der Waals surface area contributed by atoms with Gasteiger partial charge in [-0.2, -0.15) is 0 Å². The van der Waals surface area contributed by atoms with Gasteiger partial charge in [0, 0.05) is 23.1 Å². The van der Waals surface area contributed by atoms with Crippen LogP contribution in [0.15, 0.2) is 22.7 Å². The van der Waals surface area contributed by atoms with Crippen LogP contribution in [0.25, 0.3) is 0 Å². The van der Waals surface area contributed by atoms with Gasteiger partial charge in [0.2, 0.25) is 11.8 Å². The molecule has 1 aliphatic heterocycles. The number of carbonyl (C=O) groups is 2. The normalized spacial score (nSPS) is 17.6. The SMILES string of the molecule is CC(C)N(C)C(=O)CN1C(=O)C(N)c2ccc(Br)cc21. The van der Waals surface area contributed by atoms with Crippen LogP contribution in [-0.2, 0) is 9.59 Å². The molecule has 6 heteroatoms. The molecule has 108 valence electrons. The first kappa shape index (κ1) is 15.0. The Kier molecular flexibility index (Phi) is 4.15. The van der Waals surface area contributed by atoms with Crippen molar-refractivity contribution in [3.05, 3.63) is 28.2 Å². The van der Waals surface area contributed by atoms with E-state index in [1.807, 2.05) is 32.0 Å². The summed E-state index contributed by atoms with van der Waals surface area (Å²) in [5.74, 6) is -0.336. The Balaban J connectivity index is 2.28. The summed E-state index contributed by atoms with van der Waals surface area (Å²) >= 11 is 3.38. The van der Waals surface area contributed by atoms with Gasteiger partial charge < -0.3 is 15.5 Å². The third-order valence-corrected chi connectivity index (χ3v) is 4.11. The Morgan fingerprint density at radius 2 is 2.15 bits per heavy atom. The number of amides is 2. The molecule has 0 spiro atoms. The van der Waals surface area contributed by atoms with Crippen molar-refractivity contribution in [2.24, 2.45) is 5.73 Å². The summed E-state index contributed by atoms with van der Waals surface area (Å²) in [5.41, 5.74) is 7.38. The number of fused-ring (bicyclic) bond motifs is 1. The second kappa shape index (κ2) is 5.54. The maximum atomic E-state index is 12.2. The van der Waals surface area contributed by atoms with Crippen molar-refractivity contribution in [3.8, 4) is 0 Å². The number of halogens is 1.